The van der Waals surface area contributed by atoms with Crippen LogP contribution in [0, 0.1) is 0 Å². The average Bonchev–Trinajstić information content (AvgIpc) is 1.88. The van der Waals surface area contributed by atoms with Crippen LogP contribution >= 0.6 is 0 Å². The summed E-state index contributed by atoms with van der Waals surface area (Å²) in [6.45, 7) is 5.37. The van der Waals surface area contributed by atoms with Crippen LogP contribution in [0.25, 0.3) is 0 Å². The van der Waals surface area contributed by atoms with E-state index in [0.29, 0.717) is 6.54 Å². The molecule has 0 unspecified atom stereocenters. The summed E-state index contributed by atoms with van der Waals surface area (Å²) in [5.74, 6) is 0.260. The molecular weight excluding hydrogens is 128 g/mol. The number of hydrogen-bond acceptors (Lipinski definition) is 2. The third-order valence-electron chi connectivity index (χ3n) is 1.89. The van der Waals surface area contributed by atoms with Crippen LogP contribution in [0.15, 0.2) is 0 Å². The number of carbonyl (C=O) groups is 1. The van der Waals surface area contributed by atoms with Gasteiger partial charge in [-0.25, -0.2) is 0 Å². The van der Waals surface area contributed by atoms with Crippen molar-refractivity contribution in [3.63, 3.8) is 0 Å². The van der Waals surface area contributed by atoms with Crippen molar-refractivity contribution in [3.05, 3.63) is 0 Å². The summed E-state index contributed by atoms with van der Waals surface area (Å²) in [7, 11) is 1.98. The van der Waals surface area contributed by atoms with E-state index < -0.39 is 0 Å². The van der Waals surface area contributed by atoms with Crippen molar-refractivity contribution in [3.8, 4) is 0 Å². The van der Waals surface area contributed by atoms with E-state index in [4.69, 9.17) is 0 Å². The van der Waals surface area contributed by atoms with E-state index in [1.807, 2.05) is 18.9 Å². The Bertz CT molecular complexity index is 136. The minimum absolute atomic E-state index is 0.260. The molecule has 1 rings (SSSR count). The molecule has 1 heterocycles. The maximum Gasteiger partial charge on any atom is 0.236 e. The molecule has 58 valence electrons. The van der Waals surface area contributed by atoms with Gasteiger partial charge in [0.2, 0.25) is 5.91 Å². The fraction of sp³-hybridized carbons (Fsp3) is 0.857. The van der Waals surface area contributed by atoms with Crippen molar-refractivity contribution in [1.29, 1.82) is 0 Å². The molecular formula is C7H14N2O. The Balaban J connectivity index is 2.43. The third kappa shape index (κ3) is 1.48. The summed E-state index contributed by atoms with van der Waals surface area (Å²) in [5, 5.41) is 0. The number of rotatable bonds is 1. The number of carbonyl (C=O) groups excluding carboxylic acids is 1. The quantitative estimate of drug-likeness (QED) is 0.505. The maximum absolute atomic E-state index is 11.1. The van der Waals surface area contributed by atoms with Crippen LogP contribution in [0.3, 0.4) is 0 Å². The van der Waals surface area contributed by atoms with Crippen molar-refractivity contribution in [2.24, 2.45) is 0 Å². The van der Waals surface area contributed by atoms with E-state index >= 15 is 0 Å². The molecule has 10 heavy (non-hydrogen) atoms. The van der Waals surface area contributed by atoms with Crippen LogP contribution in [0.1, 0.15) is 6.92 Å². The summed E-state index contributed by atoms with van der Waals surface area (Å²) in [6, 6.07) is 0. The molecule has 0 spiro atoms. The molecule has 0 aromatic carbocycles. The second-order valence-electron chi connectivity index (χ2n) is 2.71. The van der Waals surface area contributed by atoms with E-state index in [1.165, 1.54) is 0 Å². The first-order valence-electron chi connectivity index (χ1n) is 3.70. The van der Waals surface area contributed by atoms with Gasteiger partial charge >= 0.3 is 0 Å². The first-order valence-corrected chi connectivity index (χ1v) is 3.70. The van der Waals surface area contributed by atoms with Crippen LogP contribution < -0.4 is 0 Å². The predicted octanol–water partition coefficient (Wildman–Crippen LogP) is -0.220. The lowest BCUT2D eigenvalue weighted by molar-refractivity contribution is -0.135. The summed E-state index contributed by atoms with van der Waals surface area (Å²) in [5.41, 5.74) is 0. The Hall–Kier alpha value is -0.570. The molecule has 0 atom stereocenters. The lowest BCUT2D eigenvalue weighted by Gasteiger charge is -2.31. The van der Waals surface area contributed by atoms with Crippen molar-refractivity contribution >= 4 is 5.91 Å². The van der Waals surface area contributed by atoms with Crippen molar-refractivity contribution in [2.75, 3.05) is 33.2 Å². The summed E-state index contributed by atoms with van der Waals surface area (Å²) in [4.78, 5) is 15.1. The summed E-state index contributed by atoms with van der Waals surface area (Å²) >= 11 is 0. The van der Waals surface area contributed by atoms with Crippen LogP contribution in [-0.4, -0.2) is 48.9 Å². The first-order chi connectivity index (χ1) is 4.74. The molecule has 0 aliphatic carbocycles. The van der Waals surface area contributed by atoms with Crippen LogP contribution in [0.2, 0.25) is 0 Å². The molecule has 1 amide bonds. The fourth-order valence-electron chi connectivity index (χ4n) is 1.16. The Kier molecular flexibility index (Phi) is 2.27. The molecule has 1 aliphatic rings. The van der Waals surface area contributed by atoms with E-state index in [2.05, 4.69) is 4.90 Å². The van der Waals surface area contributed by atoms with Gasteiger partial charge in [0.1, 0.15) is 0 Å². The van der Waals surface area contributed by atoms with Crippen LogP contribution in [-0.2, 0) is 4.79 Å². The van der Waals surface area contributed by atoms with Crippen molar-refractivity contribution < 1.29 is 4.79 Å². The smallest absolute Gasteiger partial charge is 0.236 e. The van der Waals surface area contributed by atoms with Gasteiger partial charge in [-0.05, 0) is 14.0 Å². The zero-order valence-corrected chi connectivity index (χ0v) is 6.63. The second-order valence-corrected chi connectivity index (χ2v) is 2.71. The summed E-state index contributed by atoms with van der Waals surface area (Å²) in [6.07, 6.45) is 0. The van der Waals surface area contributed by atoms with Crippen molar-refractivity contribution in [2.45, 2.75) is 6.92 Å². The number of likely N-dealkylation sites (N-methyl/N-ethyl adjacent to an activating group) is 2. The van der Waals surface area contributed by atoms with E-state index in [1.54, 1.807) is 0 Å². The topological polar surface area (TPSA) is 23.6 Å². The van der Waals surface area contributed by atoms with Crippen molar-refractivity contribution in [1.82, 2.24) is 9.80 Å². The standard InChI is InChI=1S/C7H14N2O/c1-3-9-5-4-8(2)6-7(9)10/h3-6H2,1-2H3. The number of piperazine rings is 1. The van der Waals surface area contributed by atoms with Gasteiger partial charge in [0.15, 0.2) is 0 Å². The molecule has 1 aliphatic heterocycles. The molecule has 0 aromatic rings. The highest BCUT2D eigenvalue weighted by atomic mass is 16.2. The van der Waals surface area contributed by atoms with Gasteiger partial charge in [0.05, 0.1) is 6.54 Å². The number of amides is 1. The molecule has 0 N–H and O–H groups in total. The van der Waals surface area contributed by atoms with Gasteiger partial charge in [-0.1, -0.05) is 0 Å². The molecule has 3 nitrogen and oxygen atoms in total. The molecule has 3 heteroatoms. The van der Waals surface area contributed by atoms with Gasteiger partial charge in [-0.15, -0.1) is 0 Å². The van der Waals surface area contributed by atoms with E-state index in [9.17, 15) is 4.79 Å². The molecule has 1 saturated heterocycles. The molecule has 0 bridgehead atoms. The minimum atomic E-state index is 0.260. The molecule has 0 saturated carbocycles. The van der Waals surface area contributed by atoms with Gasteiger partial charge in [0, 0.05) is 19.6 Å². The van der Waals surface area contributed by atoms with Gasteiger partial charge in [-0.3, -0.25) is 9.69 Å². The van der Waals surface area contributed by atoms with Gasteiger partial charge < -0.3 is 4.90 Å². The minimum Gasteiger partial charge on any atom is -0.341 e. The lowest BCUT2D eigenvalue weighted by atomic mass is 10.3. The molecule has 0 radical (unpaired) electrons. The van der Waals surface area contributed by atoms with E-state index in [-0.39, 0.29) is 5.91 Å². The Labute approximate surface area is 61.6 Å². The third-order valence-corrected chi connectivity index (χ3v) is 1.89. The molecule has 1 fully saturated rings. The molecule has 0 aromatic heterocycles. The van der Waals surface area contributed by atoms with Gasteiger partial charge in [-0.2, -0.15) is 0 Å². The highest BCUT2D eigenvalue weighted by Crippen LogP contribution is 1.98. The first kappa shape index (κ1) is 7.54. The van der Waals surface area contributed by atoms with E-state index in [0.717, 1.165) is 19.6 Å². The maximum atomic E-state index is 11.1. The average molecular weight is 142 g/mol. The monoisotopic (exact) mass is 142 g/mol. The van der Waals surface area contributed by atoms with Gasteiger partial charge in [0.25, 0.3) is 0 Å². The number of hydrogen-bond donors (Lipinski definition) is 0. The fourth-order valence-corrected chi connectivity index (χ4v) is 1.16. The Morgan fingerprint density at radius 3 is 2.70 bits per heavy atom. The Morgan fingerprint density at radius 1 is 1.50 bits per heavy atom. The predicted molar refractivity (Wildman–Crippen MR) is 39.8 cm³/mol. The van der Waals surface area contributed by atoms with Crippen LogP contribution in [0.5, 0.6) is 0 Å². The second kappa shape index (κ2) is 3.01. The number of nitrogens with zero attached hydrogens (tertiary/aromatic N) is 2. The highest BCUT2D eigenvalue weighted by Gasteiger charge is 2.18. The summed E-state index contributed by atoms with van der Waals surface area (Å²) < 4.78 is 0. The largest absolute Gasteiger partial charge is 0.341 e. The SMILES string of the molecule is CCN1CCN(C)CC1=O. The normalized spacial score (nSPS) is 21.8. The Morgan fingerprint density at radius 2 is 2.20 bits per heavy atom. The zero-order chi connectivity index (χ0) is 7.56. The zero-order valence-electron chi connectivity index (χ0n) is 6.63. The van der Waals surface area contributed by atoms with Crippen LogP contribution in [0.4, 0.5) is 0 Å². The lowest BCUT2D eigenvalue weighted by Crippen LogP contribution is -2.48. The highest BCUT2D eigenvalue weighted by molar-refractivity contribution is 5.78.